The fraction of sp³-hybridized carbons (Fsp3) is 0.564. The Balaban J connectivity index is -0.000000457. The standard InChI is InChI=1S/C22H32O10.C8H12O4.C7H10O3.2CH4/c1-13(2)18(25)29-9-16(23)11-31-20(27)15(5)8-22(6,7)21(28)32-12-17(24)10-30-19(26)14(3)4;1-5(6(9)10)4-8(2,3)7(11)12;1-5(2)7(8)10-4-6-3-9-6;;/h16-17,23-24H,1,3,5,8-12H2,2,4,6-7H3;1,4H2,2-3H3,(H,9,10)(H,11,12);6H,1,3-4H2,2H3;2*1H4. The summed E-state index contributed by atoms with van der Waals surface area (Å²) in [6, 6.07) is 0. The van der Waals surface area contributed by atoms with E-state index >= 15 is 0 Å². The quantitative estimate of drug-likeness (QED) is 0.0555. The molecule has 0 aromatic carbocycles. The molecule has 17 nitrogen and oxygen atoms in total. The first kappa shape index (κ1) is 57.6. The third kappa shape index (κ3) is 26.6. The highest BCUT2D eigenvalue weighted by Gasteiger charge is 2.33. The molecule has 1 fully saturated rings. The summed E-state index contributed by atoms with van der Waals surface area (Å²) in [5, 5.41) is 36.5. The summed E-state index contributed by atoms with van der Waals surface area (Å²) < 4.78 is 29.0. The van der Waals surface area contributed by atoms with Gasteiger partial charge in [-0.15, -0.1) is 0 Å². The van der Waals surface area contributed by atoms with Crippen LogP contribution in [0.3, 0.4) is 0 Å². The Labute approximate surface area is 329 Å². The first-order chi connectivity index (χ1) is 24.6. The van der Waals surface area contributed by atoms with Gasteiger partial charge in [0.05, 0.1) is 17.4 Å². The van der Waals surface area contributed by atoms with Crippen molar-refractivity contribution in [2.24, 2.45) is 10.8 Å². The molecule has 3 atom stereocenters. The Hall–Kier alpha value is -5.13. The molecule has 0 saturated carbocycles. The van der Waals surface area contributed by atoms with E-state index in [1.165, 1.54) is 41.5 Å². The van der Waals surface area contributed by atoms with Crippen LogP contribution in [-0.2, 0) is 62.0 Å². The largest absolute Gasteiger partial charge is 0.481 e. The molecule has 0 radical (unpaired) electrons. The van der Waals surface area contributed by atoms with Gasteiger partial charge in [0.25, 0.3) is 0 Å². The van der Waals surface area contributed by atoms with Crippen LogP contribution >= 0.6 is 0 Å². The highest BCUT2D eigenvalue weighted by atomic mass is 16.6. The molecule has 0 aliphatic carbocycles. The molecule has 4 N–H and O–H groups in total. The van der Waals surface area contributed by atoms with Crippen molar-refractivity contribution in [2.75, 3.05) is 39.6 Å². The van der Waals surface area contributed by atoms with Crippen LogP contribution in [0.2, 0.25) is 0 Å². The number of aliphatic hydroxyl groups excluding tert-OH is 2. The predicted molar refractivity (Wildman–Crippen MR) is 205 cm³/mol. The Bertz CT molecular complexity index is 1430. The number of carboxylic acid groups (broad SMARTS) is 2. The Morgan fingerprint density at radius 2 is 0.946 bits per heavy atom. The van der Waals surface area contributed by atoms with E-state index in [1.807, 2.05) is 0 Å². The molecule has 320 valence electrons. The molecule has 0 aromatic rings. The molecule has 1 aliphatic heterocycles. The molecule has 1 heterocycles. The molecule has 1 rings (SSSR count). The molecule has 0 spiro atoms. The average molecular weight is 803 g/mol. The number of carboxylic acids is 2. The van der Waals surface area contributed by atoms with Gasteiger partial charge in [-0.05, 0) is 61.3 Å². The van der Waals surface area contributed by atoms with Crippen LogP contribution in [0.25, 0.3) is 0 Å². The minimum atomic E-state index is -1.24. The monoisotopic (exact) mass is 802 g/mol. The lowest BCUT2D eigenvalue weighted by Crippen LogP contribution is -2.33. The van der Waals surface area contributed by atoms with Gasteiger partial charge in [0.1, 0.15) is 51.3 Å². The number of hydrogen-bond donors (Lipinski definition) is 4. The highest BCUT2D eigenvalue weighted by molar-refractivity contribution is 5.90. The van der Waals surface area contributed by atoms with E-state index in [9.17, 15) is 43.8 Å². The zero-order valence-corrected chi connectivity index (χ0v) is 32.0. The Kier molecular flexibility index (Phi) is 28.2. The van der Waals surface area contributed by atoms with E-state index in [-0.39, 0.29) is 75.3 Å². The van der Waals surface area contributed by atoms with Gasteiger partial charge < -0.3 is 48.8 Å². The first-order valence-electron chi connectivity index (χ1n) is 16.3. The molecule has 17 heteroatoms. The molecule has 0 bridgehead atoms. The second-order valence-electron chi connectivity index (χ2n) is 13.5. The van der Waals surface area contributed by atoms with Crippen LogP contribution in [0.1, 0.15) is 76.2 Å². The Morgan fingerprint density at radius 3 is 1.29 bits per heavy atom. The summed E-state index contributed by atoms with van der Waals surface area (Å²) >= 11 is 0. The maximum Gasteiger partial charge on any atom is 0.333 e. The number of ether oxygens (including phenoxy) is 6. The molecular weight excluding hydrogens is 740 g/mol. The number of aliphatic hydroxyl groups is 2. The first-order valence-corrected chi connectivity index (χ1v) is 16.3. The third-order valence-corrected chi connectivity index (χ3v) is 6.51. The fourth-order valence-corrected chi connectivity index (χ4v) is 3.15. The number of carbonyl (C=O) groups is 7. The van der Waals surface area contributed by atoms with Gasteiger partial charge >= 0.3 is 41.8 Å². The van der Waals surface area contributed by atoms with Gasteiger partial charge in [-0.2, -0.15) is 0 Å². The molecular formula is C39H62O17. The molecule has 0 aromatic heterocycles. The zero-order chi connectivity index (χ0) is 42.6. The Morgan fingerprint density at radius 1 is 0.607 bits per heavy atom. The van der Waals surface area contributed by atoms with Crippen molar-refractivity contribution in [1.29, 1.82) is 0 Å². The van der Waals surface area contributed by atoms with Gasteiger partial charge in [-0.1, -0.05) is 47.7 Å². The van der Waals surface area contributed by atoms with Crippen LogP contribution < -0.4 is 0 Å². The number of aliphatic carboxylic acids is 2. The van der Waals surface area contributed by atoms with E-state index in [0.29, 0.717) is 18.8 Å². The van der Waals surface area contributed by atoms with Crippen molar-refractivity contribution in [3.05, 3.63) is 60.8 Å². The number of rotatable bonds is 21. The van der Waals surface area contributed by atoms with E-state index in [1.54, 1.807) is 6.92 Å². The SMILES string of the molecule is C.C.C=C(C)C(=O)OCC(O)COC(=O)C(=C)CC(C)(C)C(=O)OCC(O)COC(=O)C(=C)C.C=C(C)C(=O)OCC1CO1.C=C(CC(C)(C)C(=O)O)C(=O)O. The van der Waals surface area contributed by atoms with Gasteiger partial charge in [0, 0.05) is 27.9 Å². The van der Waals surface area contributed by atoms with Gasteiger partial charge in [-0.3, -0.25) is 9.59 Å². The van der Waals surface area contributed by atoms with Crippen LogP contribution in [0.15, 0.2) is 60.8 Å². The van der Waals surface area contributed by atoms with E-state index < -0.39 is 72.1 Å². The van der Waals surface area contributed by atoms with Crippen molar-refractivity contribution < 1.29 is 82.4 Å². The average Bonchev–Trinajstić information content (AvgIpc) is 3.90. The summed E-state index contributed by atoms with van der Waals surface area (Å²) in [4.78, 5) is 78.5. The topological polar surface area (TPSA) is 259 Å². The lowest BCUT2D eigenvalue weighted by Gasteiger charge is -2.24. The molecule has 1 saturated heterocycles. The van der Waals surface area contributed by atoms with Crippen LogP contribution in [0.4, 0.5) is 0 Å². The second-order valence-corrected chi connectivity index (χ2v) is 13.5. The van der Waals surface area contributed by atoms with Crippen LogP contribution in [0, 0.1) is 10.8 Å². The van der Waals surface area contributed by atoms with Crippen molar-refractivity contribution in [3.8, 4) is 0 Å². The fourth-order valence-electron chi connectivity index (χ4n) is 3.15. The van der Waals surface area contributed by atoms with Gasteiger partial charge in [0.2, 0.25) is 0 Å². The molecule has 0 amide bonds. The van der Waals surface area contributed by atoms with Crippen molar-refractivity contribution >= 4 is 41.8 Å². The number of hydrogen-bond acceptors (Lipinski definition) is 15. The smallest absolute Gasteiger partial charge is 0.333 e. The van der Waals surface area contributed by atoms with E-state index in [2.05, 4.69) is 32.9 Å². The van der Waals surface area contributed by atoms with Gasteiger partial charge in [-0.25, -0.2) is 24.0 Å². The molecule has 56 heavy (non-hydrogen) atoms. The lowest BCUT2D eigenvalue weighted by molar-refractivity contribution is -0.159. The van der Waals surface area contributed by atoms with Crippen molar-refractivity contribution in [1.82, 2.24) is 0 Å². The number of esters is 5. The minimum absolute atomic E-state index is 0. The zero-order valence-electron chi connectivity index (χ0n) is 32.0. The van der Waals surface area contributed by atoms with E-state index in [4.69, 9.17) is 38.6 Å². The van der Waals surface area contributed by atoms with Crippen molar-refractivity contribution in [3.63, 3.8) is 0 Å². The second kappa shape index (κ2) is 27.5. The third-order valence-electron chi connectivity index (χ3n) is 6.51. The predicted octanol–water partition coefficient (Wildman–Crippen LogP) is 3.91. The van der Waals surface area contributed by atoms with Crippen LogP contribution in [-0.4, -0.2) is 120 Å². The molecule has 1 aliphatic rings. The summed E-state index contributed by atoms with van der Waals surface area (Å²) in [6.45, 7) is 27.0. The summed E-state index contributed by atoms with van der Waals surface area (Å²) in [6.07, 6.45) is -2.49. The number of carbonyl (C=O) groups excluding carboxylic acids is 5. The maximum atomic E-state index is 12.3. The van der Waals surface area contributed by atoms with Gasteiger partial charge in [0.15, 0.2) is 0 Å². The summed E-state index contributed by atoms with van der Waals surface area (Å²) in [7, 11) is 0. The summed E-state index contributed by atoms with van der Waals surface area (Å²) in [5.74, 6) is -5.43. The van der Waals surface area contributed by atoms with Crippen LogP contribution in [0.5, 0.6) is 0 Å². The number of epoxide rings is 1. The highest BCUT2D eigenvalue weighted by Crippen LogP contribution is 2.27. The maximum absolute atomic E-state index is 12.3. The van der Waals surface area contributed by atoms with Crippen molar-refractivity contribution in [2.45, 2.75) is 94.5 Å². The lowest BCUT2D eigenvalue weighted by atomic mass is 9.86. The van der Waals surface area contributed by atoms with E-state index in [0.717, 1.165) is 0 Å². The normalized spacial score (nSPS) is 13.5. The summed E-state index contributed by atoms with van der Waals surface area (Å²) in [5.41, 5.74) is -1.61. The minimum Gasteiger partial charge on any atom is -0.481 e. The molecule has 3 unspecified atom stereocenters.